The number of quaternary nitrogens is 1. The van der Waals surface area contributed by atoms with Crippen LogP contribution in [0.3, 0.4) is 0 Å². The highest BCUT2D eigenvalue weighted by Crippen LogP contribution is 1.73. The second-order valence-electron chi connectivity index (χ2n) is 1.02. The summed E-state index contributed by atoms with van der Waals surface area (Å²) in [5, 5.41) is 7.80. The molecule has 6 heavy (non-hydrogen) atoms. The molecule has 1 aliphatic rings. The maximum atomic E-state index is 3.56. The van der Waals surface area contributed by atoms with Crippen LogP contribution in [0, 0.1) is 7.05 Å². The molecule has 0 amide bonds. The Bertz CT molecular complexity index is 82.2. The molecule has 0 spiro atoms. The molecule has 3 nitrogen and oxygen atoms in total. The van der Waals surface area contributed by atoms with Crippen molar-refractivity contribution in [2.75, 3.05) is 0 Å². The molecule has 0 fully saturated rings. The van der Waals surface area contributed by atoms with Crippen molar-refractivity contribution < 1.29 is 5.01 Å². The molecule has 1 heterocycles. The molecule has 1 unspecified atom stereocenters. The molecule has 3 heteroatoms. The number of hydrogen-bond donors (Lipinski definition) is 1. The number of hydrogen-bond acceptors (Lipinski definition) is 2. The van der Waals surface area contributed by atoms with Gasteiger partial charge in [0.15, 0.2) is 0 Å². The van der Waals surface area contributed by atoms with Crippen molar-refractivity contribution in [1.82, 2.24) is 0 Å². The molecule has 0 aromatic carbocycles. The first-order valence-corrected chi connectivity index (χ1v) is 1.66. The van der Waals surface area contributed by atoms with Gasteiger partial charge in [0.05, 0.1) is 0 Å². The van der Waals surface area contributed by atoms with Crippen LogP contribution >= 0.6 is 0 Å². The van der Waals surface area contributed by atoms with E-state index in [1.807, 2.05) is 0 Å². The topological polar surface area (TPSA) is 29.2 Å². The molecule has 0 aliphatic carbocycles. The van der Waals surface area contributed by atoms with Gasteiger partial charge in [-0.1, -0.05) is 0 Å². The van der Waals surface area contributed by atoms with Crippen LogP contribution in [0.2, 0.25) is 0 Å². The van der Waals surface area contributed by atoms with Crippen molar-refractivity contribution in [2.24, 2.45) is 10.3 Å². The maximum absolute atomic E-state index is 3.56. The van der Waals surface area contributed by atoms with E-state index in [0.717, 1.165) is 5.01 Å². The summed E-state index contributed by atoms with van der Waals surface area (Å²) in [4.78, 5) is 0. The van der Waals surface area contributed by atoms with Crippen LogP contribution in [0.25, 0.3) is 0 Å². The standard InChI is InChI=1S/C3H5N3/c1-6-3-2-4-5-6/h2-3,6H,1H2. The first-order chi connectivity index (χ1) is 2.89. The normalized spacial score (nSPS) is 29.2. The van der Waals surface area contributed by atoms with Crippen LogP contribution < -0.4 is 5.01 Å². The Balaban J connectivity index is 2.60. The first kappa shape index (κ1) is 3.49. The SMILES string of the molecule is [CH2-][NH+]1C=CN=N1. The molecule has 32 valence electrons. The van der Waals surface area contributed by atoms with E-state index < -0.39 is 0 Å². The van der Waals surface area contributed by atoms with Crippen LogP contribution in [0.1, 0.15) is 0 Å². The van der Waals surface area contributed by atoms with Gasteiger partial charge >= 0.3 is 0 Å². The van der Waals surface area contributed by atoms with Gasteiger partial charge in [0.25, 0.3) is 0 Å². The monoisotopic (exact) mass is 83.0 g/mol. The average molecular weight is 83.1 g/mol. The van der Waals surface area contributed by atoms with Crippen LogP contribution in [-0.2, 0) is 0 Å². The van der Waals surface area contributed by atoms with Crippen LogP contribution in [0.15, 0.2) is 22.7 Å². The smallest absolute Gasteiger partial charge is 0.115 e. The van der Waals surface area contributed by atoms with Gasteiger partial charge in [0.2, 0.25) is 0 Å². The highest BCUT2D eigenvalue weighted by molar-refractivity contribution is 4.67. The predicted molar refractivity (Wildman–Crippen MR) is 20.3 cm³/mol. The Morgan fingerprint density at radius 2 is 2.50 bits per heavy atom. The largest absolute Gasteiger partial charge is 0.292 e. The summed E-state index contributed by atoms with van der Waals surface area (Å²) in [5.41, 5.74) is 0. The molecule has 0 aromatic rings. The van der Waals surface area contributed by atoms with E-state index in [1.54, 1.807) is 12.4 Å². The molecule has 0 radical (unpaired) electrons. The minimum absolute atomic E-state index is 0.731. The van der Waals surface area contributed by atoms with E-state index in [2.05, 4.69) is 17.4 Å². The fourth-order valence-electron chi connectivity index (χ4n) is 0.260. The zero-order valence-electron chi connectivity index (χ0n) is 3.26. The second-order valence-corrected chi connectivity index (χ2v) is 1.02. The van der Waals surface area contributed by atoms with Crippen molar-refractivity contribution in [3.05, 3.63) is 19.4 Å². The summed E-state index contributed by atoms with van der Waals surface area (Å²) in [5.74, 6) is 0. The van der Waals surface area contributed by atoms with E-state index in [-0.39, 0.29) is 0 Å². The fourth-order valence-corrected chi connectivity index (χ4v) is 0.260. The van der Waals surface area contributed by atoms with Crippen molar-refractivity contribution in [1.29, 1.82) is 0 Å². The molecule has 1 atom stereocenters. The van der Waals surface area contributed by atoms with Gasteiger partial charge in [-0.2, -0.15) is 0 Å². The third kappa shape index (κ3) is 0.440. The molecular weight excluding hydrogens is 78.1 g/mol. The molecule has 1 aliphatic heterocycles. The lowest BCUT2D eigenvalue weighted by Gasteiger charge is -1.94. The summed E-state index contributed by atoms with van der Waals surface area (Å²) >= 11 is 0. The maximum Gasteiger partial charge on any atom is 0.115 e. The molecule has 1 rings (SSSR count). The van der Waals surface area contributed by atoms with Crippen molar-refractivity contribution >= 4 is 0 Å². The highest BCUT2D eigenvalue weighted by Gasteiger charge is 1.86. The van der Waals surface area contributed by atoms with E-state index in [1.165, 1.54) is 0 Å². The lowest BCUT2D eigenvalue weighted by molar-refractivity contribution is -0.805. The van der Waals surface area contributed by atoms with Gasteiger partial charge in [-0.3, -0.25) is 5.01 Å². The highest BCUT2D eigenvalue weighted by atomic mass is 15.5. The molecule has 0 saturated carbocycles. The lowest BCUT2D eigenvalue weighted by Crippen LogP contribution is -2.95. The third-order valence-corrected chi connectivity index (χ3v) is 0.520. The van der Waals surface area contributed by atoms with Gasteiger partial charge < -0.3 is 0 Å². The van der Waals surface area contributed by atoms with Crippen molar-refractivity contribution in [3.8, 4) is 0 Å². The minimum Gasteiger partial charge on any atom is -0.292 e. The molecule has 1 N–H and O–H groups in total. The fraction of sp³-hybridized carbons (Fsp3) is 0. The van der Waals surface area contributed by atoms with Crippen LogP contribution in [-0.4, -0.2) is 0 Å². The van der Waals surface area contributed by atoms with Gasteiger partial charge in [0, 0.05) is 5.22 Å². The number of nitrogens with zero attached hydrogens (tertiary/aromatic N) is 2. The van der Waals surface area contributed by atoms with E-state index in [9.17, 15) is 0 Å². The minimum atomic E-state index is 0.731. The Morgan fingerprint density at radius 3 is 2.67 bits per heavy atom. The van der Waals surface area contributed by atoms with Crippen molar-refractivity contribution in [2.45, 2.75) is 0 Å². The number of rotatable bonds is 0. The Morgan fingerprint density at radius 1 is 1.67 bits per heavy atom. The van der Waals surface area contributed by atoms with Gasteiger partial charge in [-0.25, -0.2) is 0 Å². The van der Waals surface area contributed by atoms with Gasteiger partial charge in [-0.15, -0.1) is 12.2 Å². The molecule has 0 aromatic heterocycles. The lowest BCUT2D eigenvalue weighted by atomic mass is 10.9. The summed E-state index contributed by atoms with van der Waals surface area (Å²) in [6.45, 7) is 0. The quantitative estimate of drug-likeness (QED) is 0.383. The summed E-state index contributed by atoms with van der Waals surface area (Å²) < 4.78 is 0. The van der Waals surface area contributed by atoms with Gasteiger partial charge in [0.1, 0.15) is 12.4 Å². The predicted octanol–water partition coefficient (Wildman–Crippen LogP) is -0.485. The van der Waals surface area contributed by atoms with Crippen LogP contribution in [0.5, 0.6) is 0 Å². The van der Waals surface area contributed by atoms with Gasteiger partial charge in [-0.05, 0) is 0 Å². The van der Waals surface area contributed by atoms with E-state index >= 15 is 0 Å². The molecule has 0 bridgehead atoms. The van der Waals surface area contributed by atoms with Crippen LogP contribution in [0.4, 0.5) is 0 Å². The zero-order chi connectivity index (χ0) is 4.41. The van der Waals surface area contributed by atoms with E-state index in [0.29, 0.717) is 0 Å². The molecular formula is C3H5N3. The Labute approximate surface area is 36.0 Å². The number of nitrogens with one attached hydrogen (secondary N) is 1. The second kappa shape index (κ2) is 1.18. The van der Waals surface area contributed by atoms with Crippen molar-refractivity contribution in [3.63, 3.8) is 0 Å². The summed E-state index contributed by atoms with van der Waals surface area (Å²) in [7, 11) is 3.51. The Kier molecular flexibility index (Phi) is 0.686. The first-order valence-electron chi connectivity index (χ1n) is 1.66. The Hall–Kier alpha value is -0.700. The summed E-state index contributed by atoms with van der Waals surface area (Å²) in [6, 6.07) is 0. The van der Waals surface area contributed by atoms with E-state index in [4.69, 9.17) is 0 Å². The zero-order valence-corrected chi connectivity index (χ0v) is 3.26. The average Bonchev–Trinajstić information content (AvgIpc) is 1.86. The summed E-state index contributed by atoms with van der Waals surface area (Å²) in [6.07, 6.45) is 3.36. The third-order valence-electron chi connectivity index (χ3n) is 0.520. The molecule has 0 saturated heterocycles.